The Hall–Kier alpha value is -1.58. The Bertz CT molecular complexity index is 704. The van der Waals surface area contributed by atoms with Gasteiger partial charge < -0.3 is 20.1 Å². The first-order valence-corrected chi connectivity index (χ1v) is 8.21. The van der Waals surface area contributed by atoms with Gasteiger partial charge in [-0.1, -0.05) is 34.8 Å². The van der Waals surface area contributed by atoms with E-state index in [1.807, 2.05) is 0 Å². The van der Waals surface area contributed by atoms with Crippen molar-refractivity contribution in [1.29, 1.82) is 0 Å². The van der Waals surface area contributed by atoms with E-state index in [0.717, 1.165) is 17.0 Å². The number of halogens is 6. The summed E-state index contributed by atoms with van der Waals surface area (Å²) in [4.78, 5) is 23.7. The number of nitrogens with one attached hydrogen (secondary N) is 1. The highest BCUT2D eigenvalue weighted by molar-refractivity contribution is 6.68. The van der Waals surface area contributed by atoms with Crippen molar-refractivity contribution in [3.05, 3.63) is 23.8 Å². The second kappa shape index (κ2) is 7.58. The number of likely N-dealkylation sites (tertiary alicyclic amines) is 1. The molecule has 1 aromatic rings. The zero-order chi connectivity index (χ0) is 19.7. The smallest absolute Gasteiger partial charge is 0.416 e. The Labute approximate surface area is 160 Å². The van der Waals surface area contributed by atoms with Gasteiger partial charge in [0.1, 0.15) is 11.9 Å². The molecule has 2 rings (SSSR count). The van der Waals surface area contributed by atoms with Gasteiger partial charge in [-0.3, -0.25) is 4.79 Å². The molecule has 144 valence electrons. The molecule has 6 nitrogen and oxygen atoms in total. The lowest BCUT2D eigenvalue weighted by Gasteiger charge is -2.37. The third-order valence-electron chi connectivity index (χ3n) is 3.35. The highest BCUT2D eigenvalue weighted by atomic mass is 35.6. The molecule has 1 aliphatic rings. The fourth-order valence-corrected chi connectivity index (χ4v) is 2.50. The van der Waals surface area contributed by atoms with E-state index in [4.69, 9.17) is 44.6 Å². The van der Waals surface area contributed by atoms with Crippen LogP contribution in [0.1, 0.15) is 12.0 Å². The van der Waals surface area contributed by atoms with Crippen molar-refractivity contribution in [2.24, 2.45) is 0 Å². The van der Waals surface area contributed by atoms with Crippen molar-refractivity contribution in [3.8, 4) is 5.75 Å². The summed E-state index contributed by atoms with van der Waals surface area (Å²) in [5, 5.41) is 11.0. The highest BCUT2D eigenvalue weighted by Crippen LogP contribution is 2.37. The highest BCUT2D eigenvalue weighted by Gasteiger charge is 2.35. The summed E-state index contributed by atoms with van der Waals surface area (Å²) in [6.45, 7) is 0.107. The maximum atomic E-state index is 12.9. The Kier molecular flexibility index (Phi) is 6.04. The van der Waals surface area contributed by atoms with E-state index < -0.39 is 40.1 Å². The van der Waals surface area contributed by atoms with Crippen LogP contribution < -0.4 is 10.1 Å². The van der Waals surface area contributed by atoms with Crippen LogP contribution in [0.2, 0.25) is 0 Å². The topological polar surface area (TPSA) is 78.9 Å². The number of carbonyl (C=O) groups is 2. The van der Waals surface area contributed by atoms with Crippen LogP contribution in [0.25, 0.3) is 0 Å². The molecular formula is C14H12Cl3F3N2O4. The van der Waals surface area contributed by atoms with Gasteiger partial charge in [-0.25, -0.2) is 4.79 Å². The number of ether oxygens (including phenoxy) is 1. The zero-order valence-electron chi connectivity index (χ0n) is 12.8. The Balaban J connectivity index is 2.18. The third kappa shape index (κ3) is 5.72. The van der Waals surface area contributed by atoms with Crippen LogP contribution in [0, 0.1) is 0 Å². The summed E-state index contributed by atoms with van der Waals surface area (Å²) >= 11 is 16.5. The molecule has 0 spiro atoms. The standard InChI is InChI=1S/C14H12Cl3F3N2O4/c15-13(16,17)4-11(23)21-9-3-7(14(18,19)20)1-2-10(9)26-8-5-22(6-8)12(24)25/h1-3,8H,4-6H2,(H,21,23)(H,24,25). The second-order valence-corrected chi connectivity index (χ2v) is 7.99. The lowest BCUT2D eigenvalue weighted by atomic mass is 10.1. The molecule has 1 aromatic carbocycles. The van der Waals surface area contributed by atoms with E-state index >= 15 is 0 Å². The number of rotatable bonds is 4. The number of nitrogens with zero attached hydrogens (tertiary/aromatic N) is 1. The molecule has 0 saturated carbocycles. The molecule has 0 bridgehead atoms. The van der Waals surface area contributed by atoms with Gasteiger partial charge in [0.05, 0.1) is 30.8 Å². The number of carbonyl (C=O) groups excluding carboxylic acids is 1. The van der Waals surface area contributed by atoms with Gasteiger partial charge >= 0.3 is 12.3 Å². The lowest BCUT2D eigenvalue weighted by Crippen LogP contribution is -2.55. The van der Waals surface area contributed by atoms with Crippen LogP contribution in [-0.4, -0.2) is 45.0 Å². The van der Waals surface area contributed by atoms with Crippen LogP contribution >= 0.6 is 34.8 Å². The second-order valence-electron chi connectivity index (χ2n) is 5.48. The first-order chi connectivity index (χ1) is 11.8. The predicted molar refractivity (Wildman–Crippen MR) is 89.0 cm³/mol. The molecule has 1 heterocycles. The normalized spacial score (nSPS) is 15.4. The van der Waals surface area contributed by atoms with E-state index in [-0.39, 0.29) is 24.5 Å². The van der Waals surface area contributed by atoms with Crippen LogP contribution in [0.15, 0.2) is 18.2 Å². The summed E-state index contributed by atoms with van der Waals surface area (Å²) in [7, 11) is 0. The quantitative estimate of drug-likeness (QED) is 0.697. The van der Waals surface area contributed by atoms with Gasteiger partial charge in [0.25, 0.3) is 0 Å². The van der Waals surface area contributed by atoms with Gasteiger partial charge in [0, 0.05) is 0 Å². The molecular weight excluding hydrogens is 424 g/mol. The fourth-order valence-electron chi connectivity index (χ4n) is 2.13. The third-order valence-corrected chi connectivity index (χ3v) is 3.76. The number of alkyl halides is 6. The Morgan fingerprint density at radius 1 is 1.27 bits per heavy atom. The van der Waals surface area contributed by atoms with E-state index in [2.05, 4.69) is 5.32 Å². The molecule has 1 aliphatic heterocycles. The van der Waals surface area contributed by atoms with Gasteiger partial charge in [-0.15, -0.1) is 0 Å². The summed E-state index contributed by atoms with van der Waals surface area (Å²) < 4.78 is 42.3. The molecule has 26 heavy (non-hydrogen) atoms. The van der Waals surface area contributed by atoms with Crippen LogP contribution in [-0.2, 0) is 11.0 Å². The first kappa shape index (κ1) is 20.7. The van der Waals surface area contributed by atoms with Crippen molar-refractivity contribution in [3.63, 3.8) is 0 Å². The number of benzene rings is 1. The molecule has 2 N–H and O–H groups in total. The zero-order valence-corrected chi connectivity index (χ0v) is 15.1. The minimum Gasteiger partial charge on any atom is -0.485 e. The maximum absolute atomic E-state index is 12.9. The molecule has 12 heteroatoms. The number of carboxylic acid groups (broad SMARTS) is 1. The van der Waals surface area contributed by atoms with Gasteiger partial charge in [-0.2, -0.15) is 13.2 Å². The monoisotopic (exact) mass is 434 g/mol. The van der Waals surface area contributed by atoms with Gasteiger partial charge in [-0.05, 0) is 18.2 Å². The number of hydrogen-bond donors (Lipinski definition) is 2. The predicted octanol–water partition coefficient (Wildman–Crippen LogP) is 4.15. The largest absolute Gasteiger partial charge is 0.485 e. The average Bonchev–Trinajstić information content (AvgIpc) is 2.39. The molecule has 0 aromatic heterocycles. The summed E-state index contributed by atoms with van der Waals surface area (Å²) in [5.74, 6) is -0.874. The van der Waals surface area contributed by atoms with Crippen molar-refractivity contribution in [2.75, 3.05) is 18.4 Å². The maximum Gasteiger partial charge on any atom is 0.416 e. The van der Waals surface area contributed by atoms with E-state index in [0.29, 0.717) is 6.07 Å². The SMILES string of the molecule is O=C(CC(Cl)(Cl)Cl)Nc1cc(C(F)(F)F)ccc1OC1CN(C(=O)O)C1. The molecule has 2 amide bonds. The average molecular weight is 436 g/mol. The van der Waals surface area contributed by atoms with Crippen molar-refractivity contribution in [2.45, 2.75) is 22.5 Å². The van der Waals surface area contributed by atoms with Gasteiger partial charge in [0.2, 0.25) is 5.91 Å². The van der Waals surface area contributed by atoms with Crippen molar-refractivity contribution < 1.29 is 32.6 Å². The first-order valence-electron chi connectivity index (χ1n) is 7.07. The summed E-state index contributed by atoms with van der Waals surface area (Å²) in [6, 6.07) is 2.52. The molecule has 1 saturated heterocycles. The number of anilines is 1. The summed E-state index contributed by atoms with van der Waals surface area (Å²) in [5.41, 5.74) is -1.26. The Morgan fingerprint density at radius 3 is 2.38 bits per heavy atom. The summed E-state index contributed by atoms with van der Waals surface area (Å²) in [6.07, 6.45) is -6.90. The van der Waals surface area contributed by atoms with E-state index in [1.54, 1.807) is 0 Å². The van der Waals surface area contributed by atoms with E-state index in [9.17, 15) is 22.8 Å². The van der Waals surface area contributed by atoms with Crippen LogP contribution in [0.3, 0.4) is 0 Å². The van der Waals surface area contributed by atoms with Crippen LogP contribution in [0.4, 0.5) is 23.7 Å². The minimum absolute atomic E-state index is 0.0503. The van der Waals surface area contributed by atoms with E-state index in [1.165, 1.54) is 0 Å². The molecule has 0 unspecified atom stereocenters. The molecule has 1 fully saturated rings. The number of amides is 2. The molecule has 0 aliphatic carbocycles. The minimum atomic E-state index is -4.64. The molecule has 0 radical (unpaired) electrons. The van der Waals surface area contributed by atoms with Gasteiger partial charge in [0.15, 0.2) is 3.79 Å². The van der Waals surface area contributed by atoms with Crippen molar-refractivity contribution >= 4 is 52.5 Å². The van der Waals surface area contributed by atoms with Crippen LogP contribution in [0.5, 0.6) is 5.75 Å². The Morgan fingerprint density at radius 2 is 1.88 bits per heavy atom. The molecule has 0 atom stereocenters. The lowest BCUT2D eigenvalue weighted by molar-refractivity contribution is -0.137. The fraction of sp³-hybridized carbons (Fsp3) is 0.429. The van der Waals surface area contributed by atoms with Crippen molar-refractivity contribution in [1.82, 2.24) is 4.90 Å². The number of hydrogen-bond acceptors (Lipinski definition) is 3.